The summed E-state index contributed by atoms with van der Waals surface area (Å²) in [6.45, 7) is 3.35. The average Bonchev–Trinajstić information content (AvgIpc) is 3.45. The highest BCUT2D eigenvalue weighted by Gasteiger charge is 2.22. The molecule has 9 heteroatoms. The van der Waals surface area contributed by atoms with E-state index in [1.165, 1.54) is 17.7 Å². The molecule has 1 amide bonds. The second-order valence-corrected chi connectivity index (χ2v) is 8.80. The second kappa shape index (κ2) is 9.03. The summed E-state index contributed by atoms with van der Waals surface area (Å²) < 4.78 is 10.8. The number of hydrogen-bond donors (Lipinski definition) is 1. The zero-order chi connectivity index (χ0) is 22.8. The minimum absolute atomic E-state index is 0.0202. The molecule has 0 bridgehead atoms. The van der Waals surface area contributed by atoms with Gasteiger partial charge in [0.25, 0.3) is 5.91 Å². The third-order valence-corrected chi connectivity index (χ3v) is 6.78. The van der Waals surface area contributed by atoms with Crippen molar-refractivity contribution in [1.82, 2.24) is 19.9 Å². The minimum Gasteiger partial charge on any atom is -0.454 e. The molecule has 0 fully saturated rings. The fourth-order valence-electron chi connectivity index (χ4n) is 3.75. The Morgan fingerprint density at radius 2 is 2.03 bits per heavy atom. The summed E-state index contributed by atoms with van der Waals surface area (Å²) in [5.41, 5.74) is 2.90. The van der Waals surface area contributed by atoms with Gasteiger partial charge in [0.15, 0.2) is 11.5 Å². The second-order valence-electron chi connectivity index (χ2n) is 7.80. The Labute approximate surface area is 195 Å². The van der Waals surface area contributed by atoms with Gasteiger partial charge in [0.05, 0.1) is 10.3 Å². The van der Waals surface area contributed by atoms with E-state index in [-0.39, 0.29) is 12.7 Å². The van der Waals surface area contributed by atoms with Crippen molar-refractivity contribution in [2.45, 2.75) is 19.9 Å². The van der Waals surface area contributed by atoms with Gasteiger partial charge in [-0.15, -0.1) is 11.3 Å². The fraction of sp³-hybridized carbons (Fsp3) is 0.250. The number of rotatable bonds is 7. The molecule has 0 saturated heterocycles. The molecular formula is C24H23N5O3S. The van der Waals surface area contributed by atoms with Crippen molar-refractivity contribution >= 4 is 33.3 Å². The summed E-state index contributed by atoms with van der Waals surface area (Å²) in [4.78, 5) is 29.6. The van der Waals surface area contributed by atoms with Gasteiger partial charge in [0.1, 0.15) is 17.0 Å². The van der Waals surface area contributed by atoms with Crippen molar-refractivity contribution in [2.75, 3.05) is 25.7 Å². The Morgan fingerprint density at radius 3 is 2.88 bits per heavy atom. The van der Waals surface area contributed by atoms with E-state index < -0.39 is 0 Å². The summed E-state index contributed by atoms with van der Waals surface area (Å²) in [5, 5.41) is 4.27. The van der Waals surface area contributed by atoms with Crippen molar-refractivity contribution in [3.05, 3.63) is 70.6 Å². The number of nitrogens with one attached hydrogen (secondary N) is 1. The van der Waals surface area contributed by atoms with Crippen LogP contribution in [-0.2, 0) is 13.0 Å². The average molecular weight is 462 g/mol. The number of ether oxygens (including phenoxy) is 2. The number of carbonyl (C=O) groups excluding carboxylic acids is 1. The van der Waals surface area contributed by atoms with Crippen molar-refractivity contribution in [3.8, 4) is 11.5 Å². The molecule has 0 saturated carbocycles. The number of hydrogen-bond acceptors (Lipinski definition) is 8. The van der Waals surface area contributed by atoms with Crippen LogP contribution in [0.3, 0.4) is 0 Å². The SMILES string of the molecule is Cc1c(C(=O)N(C)CCc2ccccn2)sc2ncnc(NCc3ccc4c(c3)OCO4)c12. The molecule has 4 heterocycles. The molecule has 0 spiro atoms. The Balaban J connectivity index is 1.33. The maximum atomic E-state index is 13.2. The molecule has 33 heavy (non-hydrogen) atoms. The smallest absolute Gasteiger partial charge is 0.264 e. The number of nitrogens with zero attached hydrogens (tertiary/aromatic N) is 4. The van der Waals surface area contributed by atoms with E-state index in [1.54, 1.807) is 11.1 Å². The monoisotopic (exact) mass is 461 g/mol. The first-order valence-corrected chi connectivity index (χ1v) is 11.4. The van der Waals surface area contributed by atoms with Crippen molar-refractivity contribution in [3.63, 3.8) is 0 Å². The highest BCUT2D eigenvalue weighted by Crippen LogP contribution is 2.35. The minimum atomic E-state index is -0.0202. The quantitative estimate of drug-likeness (QED) is 0.444. The highest BCUT2D eigenvalue weighted by molar-refractivity contribution is 7.20. The highest BCUT2D eigenvalue weighted by atomic mass is 32.1. The van der Waals surface area contributed by atoms with Crippen LogP contribution >= 0.6 is 11.3 Å². The largest absolute Gasteiger partial charge is 0.454 e. The number of pyridine rings is 1. The van der Waals surface area contributed by atoms with Crippen LogP contribution in [-0.4, -0.2) is 46.1 Å². The lowest BCUT2D eigenvalue weighted by atomic mass is 10.1. The number of amides is 1. The van der Waals surface area contributed by atoms with Crippen LogP contribution in [0.15, 0.2) is 48.9 Å². The van der Waals surface area contributed by atoms with Crippen LogP contribution in [0.2, 0.25) is 0 Å². The molecule has 1 aromatic carbocycles. The number of carbonyl (C=O) groups is 1. The van der Waals surface area contributed by atoms with E-state index in [0.29, 0.717) is 30.2 Å². The molecule has 0 unspecified atom stereocenters. The van der Waals surface area contributed by atoms with Crippen LogP contribution in [0, 0.1) is 6.92 Å². The van der Waals surface area contributed by atoms with Gasteiger partial charge in [-0.1, -0.05) is 12.1 Å². The van der Waals surface area contributed by atoms with Gasteiger partial charge in [0, 0.05) is 38.4 Å². The summed E-state index contributed by atoms with van der Waals surface area (Å²) >= 11 is 1.40. The van der Waals surface area contributed by atoms with E-state index in [4.69, 9.17) is 9.47 Å². The summed E-state index contributed by atoms with van der Waals surface area (Å²) in [6.07, 6.45) is 4.00. The van der Waals surface area contributed by atoms with E-state index in [2.05, 4.69) is 20.3 Å². The zero-order valence-corrected chi connectivity index (χ0v) is 19.2. The van der Waals surface area contributed by atoms with Gasteiger partial charge < -0.3 is 19.7 Å². The third kappa shape index (κ3) is 4.31. The van der Waals surface area contributed by atoms with Crippen LogP contribution < -0.4 is 14.8 Å². The first-order chi connectivity index (χ1) is 16.1. The van der Waals surface area contributed by atoms with Crippen LogP contribution in [0.4, 0.5) is 5.82 Å². The molecule has 8 nitrogen and oxygen atoms in total. The number of anilines is 1. The van der Waals surface area contributed by atoms with Crippen molar-refractivity contribution < 1.29 is 14.3 Å². The fourth-order valence-corrected chi connectivity index (χ4v) is 4.89. The summed E-state index contributed by atoms with van der Waals surface area (Å²) in [5.74, 6) is 2.19. The lowest BCUT2D eigenvalue weighted by molar-refractivity contribution is 0.0800. The standard InChI is InChI=1S/C24H23N5O3S/c1-15-20-22(26-12-16-6-7-18-19(11-16)32-14-31-18)27-13-28-23(20)33-21(15)24(30)29(2)10-8-17-5-3-4-9-25-17/h3-7,9,11,13H,8,10,12,14H2,1-2H3,(H,26,27,28). The van der Waals surface area contributed by atoms with Gasteiger partial charge in [-0.2, -0.15) is 0 Å². The van der Waals surface area contributed by atoms with Gasteiger partial charge in [0.2, 0.25) is 6.79 Å². The molecule has 4 aromatic rings. The van der Waals surface area contributed by atoms with E-state index >= 15 is 0 Å². The normalized spacial score (nSPS) is 12.2. The van der Waals surface area contributed by atoms with Gasteiger partial charge in [-0.3, -0.25) is 9.78 Å². The molecule has 0 radical (unpaired) electrons. The van der Waals surface area contributed by atoms with E-state index in [1.807, 2.05) is 50.4 Å². The topological polar surface area (TPSA) is 89.5 Å². The van der Waals surface area contributed by atoms with Crippen LogP contribution in [0.5, 0.6) is 11.5 Å². The van der Waals surface area contributed by atoms with Crippen LogP contribution in [0.1, 0.15) is 26.5 Å². The van der Waals surface area contributed by atoms with Crippen LogP contribution in [0.25, 0.3) is 10.2 Å². The predicted molar refractivity (Wildman–Crippen MR) is 127 cm³/mol. The lowest BCUT2D eigenvalue weighted by Gasteiger charge is -2.16. The Morgan fingerprint density at radius 1 is 1.15 bits per heavy atom. The molecule has 3 aromatic heterocycles. The molecule has 1 aliphatic rings. The first kappa shape index (κ1) is 21.1. The maximum absolute atomic E-state index is 13.2. The van der Waals surface area contributed by atoms with E-state index in [9.17, 15) is 4.79 Å². The third-order valence-electron chi connectivity index (χ3n) is 5.59. The Bertz CT molecular complexity index is 1310. The molecule has 5 rings (SSSR count). The van der Waals surface area contributed by atoms with Crippen molar-refractivity contribution in [1.29, 1.82) is 0 Å². The lowest BCUT2D eigenvalue weighted by Crippen LogP contribution is -2.28. The number of likely N-dealkylation sites (N-methyl/N-ethyl adjacent to an activating group) is 1. The molecule has 0 aliphatic carbocycles. The van der Waals surface area contributed by atoms with Gasteiger partial charge >= 0.3 is 0 Å². The zero-order valence-electron chi connectivity index (χ0n) is 18.4. The number of thiophene rings is 1. The van der Waals surface area contributed by atoms with Gasteiger partial charge in [-0.05, 0) is 42.3 Å². The molecule has 1 aliphatic heterocycles. The molecule has 168 valence electrons. The number of fused-ring (bicyclic) bond motifs is 2. The molecule has 0 atom stereocenters. The summed E-state index contributed by atoms with van der Waals surface area (Å²) in [6, 6.07) is 11.7. The number of benzene rings is 1. The predicted octanol–water partition coefficient (Wildman–Crippen LogP) is 4.05. The molecule has 1 N–H and O–H groups in total. The van der Waals surface area contributed by atoms with Crippen molar-refractivity contribution in [2.24, 2.45) is 0 Å². The Kier molecular flexibility index (Phi) is 5.78. The number of aryl methyl sites for hydroxylation is 1. The van der Waals surface area contributed by atoms with Gasteiger partial charge in [-0.25, -0.2) is 9.97 Å². The summed E-state index contributed by atoms with van der Waals surface area (Å²) in [7, 11) is 1.82. The maximum Gasteiger partial charge on any atom is 0.264 e. The number of aromatic nitrogens is 3. The first-order valence-electron chi connectivity index (χ1n) is 10.6. The van der Waals surface area contributed by atoms with E-state index in [0.717, 1.165) is 38.5 Å². The molecular weight excluding hydrogens is 438 g/mol. The Hall–Kier alpha value is -3.72.